The maximum absolute atomic E-state index is 12.3. The summed E-state index contributed by atoms with van der Waals surface area (Å²) in [5.41, 5.74) is 1.37. The zero-order chi connectivity index (χ0) is 17.2. The minimum Gasteiger partial charge on any atom is -0.872 e. The number of nitrogens with one attached hydrogen (secondary N) is 1. The highest BCUT2D eigenvalue weighted by molar-refractivity contribution is 6.07. The molecule has 2 aromatic carbocycles. The second-order valence-electron chi connectivity index (χ2n) is 6.29. The molecule has 0 atom stereocenters. The molecule has 0 aliphatic carbocycles. The van der Waals surface area contributed by atoms with Gasteiger partial charge in [-0.3, -0.25) is 4.79 Å². The van der Waals surface area contributed by atoms with E-state index in [2.05, 4.69) is 26.1 Å². The van der Waals surface area contributed by atoms with E-state index in [0.717, 1.165) is 11.6 Å². The van der Waals surface area contributed by atoms with Crippen LogP contribution in [0.3, 0.4) is 0 Å². The molecule has 0 aliphatic rings. The average Bonchev–Trinajstić information content (AvgIpc) is 2.48. The van der Waals surface area contributed by atoms with Crippen LogP contribution in [-0.2, 0) is 5.41 Å². The summed E-state index contributed by atoms with van der Waals surface area (Å²) in [5, 5.41) is 22.9. The molecule has 0 bridgehead atoms. The van der Waals surface area contributed by atoms with Crippen molar-refractivity contribution < 1.29 is 19.8 Å². The molecule has 0 spiro atoms. The number of aromatic carboxylic acids is 1. The van der Waals surface area contributed by atoms with Crippen LogP contribution in [0.25, 0.3) is 0 Å². The van der Waals surface area contributed by atoms with E-state index in [4.69, 9.17) is 5.11 Å². The van der Waals surface area contributed by atoms with Crippen molar-refractivity contribution in [3.05, 3.63) is 59.2 Å². The summed E-state index contributed by atoms with van der Waals surface area (Å²) in [6.45, 7) is 6.23. The Hall–Kier alpha value is -2.82. The summed E-state index contributed by atoms with van der Waals surface area (Å²) >= 11 is 0. The fraction of sp³-hybridized carbons (Fsp3) is 0.222. The number of amides is 1. The maximum Gasteiger partial charge on any atom is 0.337 e. The number of carbonyl (C=O) groups excluding carboxylic acids is 1. The molecule has 0 aliphatic heterocycles. The highest BCUT2D eigenvalue weighted by Crippen LogP contribution is 2.23. The molecule has 5 nitrogen and oxygen atoms in total. The fourth-order valence-corrected chi connectivity index (χ4v) is 2.13. The Morgan fingerprint density at radius 1 is 1.04 bits per heavy atom. The van der Waals surface area contributed by atoms with E-state index in [9.17, 15) is 14.7 Å². The van der Waals surface area contributed by atoms with Crippen LogP contribution in [0, 0.1) is 0 Å². The summed E-state index contributed by atoms with van der Waals surface area (Å²) in [6, 6.07) is 10.6. The van der Waals surface area contributed by atoms with Crippen molar-refractivity contribution in [2.75, 3.05) is 5.32 Å². The molecule has 2 rings (SSSR count). The van der Waals surface area contributed by atoms with Gasteiger partial charge in [-0.2, -0.15) is 0 Å². The maximum atomic E-state index is 12.3. The molecule has 23 heavy (non-hydrogen) atoms. The minimum atomic E-state index is -1.26. The van der Waals surface area contributed by atoms with Gasteiger partial charge in [-0.1, -0.05) is 45.0 Å². The number of carboxylic acids is 1. The molecule has 1 amide bonds. The second kappa shape index (κ2) is 6.12. The second-order valence-corrected chi connectivity index (χ2v) is 6.29. The lowest BCUT2D eigenvalue weighted by Gasteiger charge is -2.19. The van der Waals surface area contributed by atoms with E-state index >= 15 is 0 Å². The molecule has 2 aromatic rings. The van der Waals surface area contributed by atoms with Crippen LogP contribution < -0.4 is 10.4 Å². The summed E-state index contributed by atoms with van der Waals surface area (Å²) < 4.78 is 0. The van der Waals surface area contributed by atoms with Gasteiger partial charge in [0, 0.05) is 5.56 Å². The molecule has 0 saturated heterocycles. The van der Waals surface area contributed by atoms with E-state index in [1.807, 2.05) is 12.1 Å². The number of hydrogen-bond donors (Lipinski definition) is 2. The third-order valence-corrected chi connectivity index (χ3v) is 3.48. The van der Waals surface area contributed by atoms with Crippen LogP contribution in [0.15, 0.2) is 42.5 Å². The van der Waals surface area contributed by atoms with Gasteiger partial charge in [-0.25, -0.2) is 4.79 Å². The number of carboxylic acid groups (broad SMARTS) is 1. The van der Waals surface area contributed by atoms with Gasteiger partial charge in [-0.15, -0.1) is 5.75 Å². The monoisotopic (exact) mass is 312 g/mol. The summed E-state index contributed by atoms with van der Waals surface area (Å²) in [6.07, 6.45) is 0. The molecule has 2 N–H and O–H groups in total. The third kappa shape index (κ3) is 3.88. The van der Waals surface area contributed by atoms with Crippen molar-refractivity contribution in [3.63, 3.8) is 0 Å². The first-order valence-electron chi connectivity index (χ1n) is 7.15. The molecule has 0 unspecified atom stereocenters. The average molecular weight is 312 g/mol. The first-order chi connectivity index (χ1) is 10.7. The zero-order valence-corrected chi connectivity index (χ0v) is 13.2. The third-order valence-electron chi connectivity index (χ3n) is 3.48. The van der Waals surface area contributed by atoms with Gasteiger partial charge < -0.3 is 15.5 Å². The fourth-order valence-electron chi connectivity index (χ4n) is 2.13. The lowest BCUT2D eigenvalue weighted by atomic mass is 9.86. The number of hydrogen-bond acceptors (Lipinski definition) is 3. The van der Waals surface area contributed by atoms with Gasteiger partial charge in [0.25, 0.3) is 5.91 Å². The number of carbonyl (C=O) groups is 2. The van der Waals surface area contributed by atoms with E-state index in [1.54, 1.807) is 12.1 Å². The highest BCUT2D eigenvalue weighted by atomic mass is 16.4. The lowest BCUT2D eigenvalue weighted by Crippen LogP contribution is -2.16. The van der Waals surface area contributed by atoms with E-state index in [-0.39, 0.29) is 16.7 Å². The molecule has 0 fully saturated rings. The van der Waals surface area contributed by atoms with Crippen LogP contribution >= 0.6 is 0 Å². The summed E-state index contributed by atoms with van der Waals surface area (Å²) in [4.78, 5) is 23.4. The number of benzene rings is 2. The Morgan fingerprint density at radius 2 is 1.65 bits per heavy atom. The van der Waals surface area contributed by atoms with Crippen molar-refractivity contribution in [2.45, 2.75) is 26.2 Å². The lowest BCUT2D eigenvalue weighted by molar-refractivity contribution is -0.268. The van der Waals surface area contributed by atoms with Crippen LogP contribution in [0.5, 0.6) is 5.75 Å². The SMILES string of the molecule is CC(C)(C)c1ccc(C(=O)Nc2ccc([O-])cc2C(=O)O)cc1. The topological polar surface area (TPSA) is 89.5 Å². The predicted octanol–water partition coefficient (Wildman–Crippen LogP) is 3.01. The first-order valence-corrected chi connectivity index (χ1v) is 7.15. The summed E-state index contributed by atoms with van der Waals surface area (Å²) in [7, 11) is 0. The van der Waals surface area contributed by atoms with Gasteiger partial charge in [0.1, 0.15) is 0 Å². The molecule has 0 heterocycles. The number of anilines is 1. The quantitative estimate of drug-likeness (QED) is 0.911. The summed E-state index contributed by atoms with van der Waals surface area (Å²) in [5.74, 6) is -2.11. The minimum absolute atomic E-state index is 0.0184. The van der Waals surface area contributed by atoms with E-state index in [0.29, 0.717) is 5.56 Å². The van der Waals surface area contributed by atoms with Crippen LogP contribution in [0.4, 0.5) is 5.69 Å². The molecule has 5 heteroatoms. The Bertz CT molecular complexity index is 743. The largest absolute Gasteiger partial charge is 0.872 e. The van der Waals surface area contributed by atoms with Gasteiger partial charge in [0.2, 0.25) is 0 Å². The van der Waals surface area contributed by atoms with E-state index < -0.39 is 17.6 Å². The van der Waals surface area contributed by atoms with Gasteiger partial charge in [-0.05, 0) is 29.2 Å². The smallest absolute Gasteiger partial charge is 0.337 e. The molecule has 120 valence electrons. The van der Waals surface area contributed by atoms with Gasteiger partial charge in [0.15, 0.2) is 0 Å². The highest BCUT2D eigenvalue weighted by Gasteiger charge is 2.16. The predicted molar refractivity (Wildman–Crippen MR) is 85.9 cm³/mol. The first kappa shape index (κ1) is 16.5. The van der Waals surface area contributed by atoms with Crippen LogP contribution in [-0.4, -0.2) is 17.0 Å². The Kier molecular flexibility index (Phi) is 4.40. The van der Waals surface area contributed by atoms with Crippen molar-refractivity contribution in [3.8, 4) is 5.75 Å². The van der Waals surface area contributed by atoms with Crippen molar-refractivity contribution in [1.82, 2.24) is 0 Å². The molecule has 0 radical (unpaired) electrons. The van der Waals surface area contributed by atoms with Crippen molar-refractivity contribution in [2.24, 2.45) is 0 Å². The number of rotatable bonds is 3. The normalized spacial score (nSPS) is 11.1. The Balaban J connectivity index is 2.24. The van der Waals surface area contributed by atoms with Crippen molar-refractivity contribution >= 4 is 17.6 Å². The molecular formula is C18H18NO4-. The molecule has 0 saturated carbocycles. The molecular weight excluding hydrogens is 294 g/mol. The van der Waals surface area contributed by atoms with Gasteiger partial charge >= 0.3 is 5.97 Å². The van der Waals surface area contributed by atoms with E-state index in [1.165, 1.54) is 12.1 Å². The van der Waals surface area contributed by atoms with Crippen LogP contribution in [0.2, 0.25) is 0 Å². The standard InChI is InChI=1S/C18H19NO4/c1-18(2,3)12-6-4-11(5-7-12)16(21)19-15-9-8-13(20)10-14(15)17(22)23/h4-10,20H,1-3H3,(H,19,21)(H,22,23)/p-1. The Labute approximate surface area is 134 Å². The van der Waals surface area contributed by atoms with Crippen LogP contribution in [0.1, 0.15) is 47.1 Å². The molecule has 0 aromatic heterocycles. The Morgan fingerprint density at radius 3 is 2.17 bits per heavy atom. The van der Waals surface area contributed by atoms with Crippen molar-refractivity contribution in [1.29, 1.82) is 0 Å². The van der Waals surface area contributed by atoms with Gasteiger partial charge in [0.05, 0.1) is 11.3 Å². The zero-order valence-electron chi connectivity index (χ0n) is 13.2.